The van der Waals surface area contributed by atoms with E-state index in [4.69, 9.17) is 9.47 Å². The quantitative estimate of drug-likeness (QED) is 0.140. The third kappa shape index (κ3) is 11.3. The first-order chi connectivity index (χ1) is 19.1. The zero-order chi connectivity index (χ0) is 27.7. The molecule has 216 valence electrons. The van der Waals surface area contributed by atoms with Gasteiger partial charge in [0.05, 0.1) is 12.5 Å². The van der Waals surface area contributed by atoms with Crippen LogP contribution in [-0.4, -0.2) is 25.4 Å². The number of alkyl halides is 1. The third-order valence-electron chi connectivity index (χ3n) is 8.17. The average molecular weight is 539 g/mol. The minimum atomic E-state index is -1.03. The highest BCUT2D eigenvalue weighted by atomic mass is 19.1. The van der Waals surface area contributed by atoms with Gasteiger partial charge in [-0.2, -0.15) is 0 Å². The molecule has 1 fully saturated rings. The highest BCUT2D eigenvalue weighted by molar-refractivity contribution is 5.72. The van der Waals surface area contributed by atoms with E-state index in [1.54, 1.807) is 0 Å². The molecule has 0 amide bonds. The second-order valence-electron chi connectivity index (χ2n) is 11.4. The fourth-order valence-corrected chi connectivity index (χ4v) is 5.59. The summed E-state index contributed by atoms with van der Waals surface area (Å²) in [7, 11) is 0. The first kappa shape index (κ1) is 31.2. The smallest absolute Gasteiger partial charge is 0.309 e. The number of hydrogen-bond acceptors (Lipinski definition) is 3. The fraction of sp³-hybridized carbons (Fsp3) is 0.629. The second-order valence-corrected chi connectivity index (χ2v) is 11.4. The number of halogens is 1. The van der Waals surface area contributed by atoms with Gasteiger partial charge in [-0.05, 0) is 73.3 Å². The van der Waals surface area contributed by atoms with Crippen molar-refractivity contribution in [1.29, 1.82) is 0 Å². The molecule has 0 radical (unpaired) electrons. The zero-order valence-electron chi connectivity index (χ0n) is 24.5. The topological polar surface area (TPSA) is 35.5 Å². The Labute approximate surface area is 236 Å². The molecule has 0 saturated heterocycles. The molecule has 1 aliphatic rings. The van der Waals surface area contributed by atoms with Crippen molar-refractivity contribution in [3.63, 3.8) is 0 Å². The van der Waals surface area contributed by atoms with Crippen LogP contribution in [0, 0.1) is 5.92 Å². The van der Waals surface area contributed by atoms with Gasteiger partial charge in [-0.1, -0.05) is 108 Å². The van der Waals surface area contributed by atoms with E-state index in [0.717, 1.165) is 70.1 Å². The minimum Gasteiger partial charge on any atom is -0.494 e. The monoisotopic (exact) mass is 538 g/mol. The third-order valence-corrected chi connectivity index (χ3v) is 8.17. The highest BCUT2D eigenvalue weighted by Gasteiger charge is 2.28. The van der Waals surface area contributed by atoms with Gasteiger partial charge in [-0.15, -0.1) is 0 Å². The normalized spacial score (nSPS) is 18.0. The molecule has 3 rings (SSSR count). The van der Waals surface area contributed by atoms with E-state index in [9.17, 15) is 9.18 Å². The lowest BCUT2D eigenvalue weighted by molar-refractivity contribution is -0.151. The molecule has 0 bridgehead atoms. The van der Waals surface area contributed by atoms with E-state index in [2.05, 4.69) is 62.4 Å². The van der Waals surface area contributed by atoms with Crippen molar-refractivity contribution in [1.82, 2.24) is 0 Å². The summed E-state index contributed by atoms with van der Waals surface area (Å²) < 4.78 is 25.3. The molecule has 39 heavy (non-hydrogen) atoms. The van der Waals surface area contributed by atoms with Gasteiger partial charge in [0.1, 0.15) is 18.5 Å². The van der Waals surface area contributed by atoms with Crippen LogP contribution in [0.1, 0.15) is 122 Å². The van der Waals surface area contributed by atoms with E-state index in [0.29, 0.717) is 12.3 Å². The lowest BCUT2D eigenvalue weighted by atomic mass is 9.78. The standard InChI is InChI=1S/C35H51FO3/c1-3-5-7-9-10-12-26-38-34-24-22-31(23-25-34)29-16-14-28(15-17-29)30-18-20-32(21-19-30)35(37)39-27-33(36)13-11-8-6-4-2/h14-17,22-25,30,32-33H,3-13,18-21,26-27H2,1-2H3/t30?,32?,33-/m0/s1. The maximum absolute atomic E-state index is 14.0. The average Bonchev–Trinajstić information content (AvgIpc) is 2.98. The van der Waals surface area contributed by atoms with E-state index >= 15 is 0 Å². The van der Waals surface area contributed by atoms with Crippen LogP contribution in [0.4, 0.5) is 4.39 Å². The minimum absolute atomic E-state index is 0.0847. The van der Waals surface area contributed by atoms with Gasteiger partial charge in [0, 0.05) is 0 Å². The van der Waals surface area contributed by atoms with Gasteiger partial charge < -0.3 is 9.47 Å². The van der Waals surface area contributed by atoms with Crippen molar-refractivity contribution in [3.8, 4) is 16.9 Å². The molecule has 1 aliphatic carbocycles. The molecule has 0 spiro atoms. The van der Waals surface area contributed by atoms with Crippen LogP contribution in [0.15, 0.2) is 48.5 Å². The molecule has 1 atom stereocenters. The van der Waals surface area contributed by atoms with Crippen LogP contribution < -0.4 is 4.74 Å². The Morgan fingerprint density at radius 2 is 1.33 bits per heavy atom. The van der Waals surface area contributed by atoms with E-state index < -0.39 is 6.17 Å². The summed E-state index contributed by atoms with van der Waals surface area (Å²) in [5, 5.41) is 0. The predicted octanol–water partition coefficient (Wildman–Crippen LogP) is 10.2. The molecule has 2 aromatic rings. The van der Waals surface area contributed by atoms with Crippen molar-refractivity contribution in [2.45, 2.75) is 122 Å². The van der Waals surface area contributed by atoms with Crippen molar-refractivity contribution in [2.75, 3.05) is 13.2 Å². The maximum Gasteiger partial charge on any atom is 0.309 e. The number of hydrogen-bond donors (Lipinski definition) is 0. The number of carbonyl (C=O) groups excluding carboxylic acids is 1. The van der Waals surface area contributed by atoms with Crippen molar-refractivity contribution in [3.05, 3.63) is 54.1 Å². The lowest BCUT2D eigenvalue weighted by Crippen LogP contribution is -2.25. The number of carbonyl (C=O) groups is 1. The summed E-state index contributed by atoms with van der Waals surface area (Å²) in [5.74, 6) is 1.11. The molecule has 2 aromatic carbocycles. The number of benzene rings is 2. The number of ether oxygens (including phenoxy) is 2. The number of rotatable bonds is 18. The van der Waals surface area contributed by atoms with Crippen LogP contribution >= 0.6 is 0 Å². The second kappa shape index (κ2) is 18.1. The summed E-state index contributed by atoms with van der Waals surface area (Å²) in [6, 6.07) is 17.3. The summed E-state index contributed by atoms with van der Waals surface area (Å²) >= 11 is 0. The molecular formula is C35H51FO3. The molecule has 4 heteroatoms. The van der Waals surface area contributed by atoms with Crippen LogP contribution in [0.5, 0.6) is 5.75 Å². The van der Waals surface area contributed by atoms with Crippen molar-refractivity contribution < 1.29 is 18.7 Å². The lowest BCUT2D eigenvalue weighted by Gasteiger charge is -2.28. The Bertz CT molecular complexity index is 916. The summed E-state index contributed by atoms with van der Waals surface area (Å²) in [6.07, 6.45) is 14.9. The van der Waals surface area contributed by atoms with Gasteiger partial charge in [-0.25, -0.2) is 4.39 Å². The first-order valence-electron chi connectivity index (χ1n) is 15.7. The zero-order valence-corrected chi connectivity index (χ0v) is 24.5. The fourth-order valence-electron chi connectivity index (χ4n) is 5.59. The largest absolute Gasteiger partial charge is 0.494 e. The number of esters is 1. The van der Waals surface area contributed by atoms with Crippen LogP contribution in [-0.2, 0) is 9.53 Å². The Morgan fingerprint density at radius 1 is 0.769 bits per heavy atom. The summed E-state index contributed by atoms with van der Waals surface area (Å²) in [6.45, 7) is 5.09. The van der Waals surface area contributed by atoms with Gasteiger partial charge >= 0.3 is 5.97 Å². The van der Waals surface area contributed by atoms with Gasteiger partial charge in [0.25, 0.3) is 0 Å². The molecular weight excluding hydrogens is 487 g/mol. The van der Waals surface area contributed by atoms with E-state index in [1.165, 1.54) is 48.8 Å². The molecule has 1 saturated carbocycles. The highest BCUT2D eigenvalue weighted by Crippen LogP contribution is 2.37. The first-order valence-corrected chi connectivity index (χ1v) is 15.7. The maximum atomic E-state index is 14.0. The van der Waals surface area contributed by atoms with E-state index in [-0.39, 0.29) is 18.5 Å². The predicted molar refractivity (Wildman–Crippen MR) is 160 cm³/mol. The Kier molecular flexibility index (Phi) is 14.4. The van der Waals surface area contributed by atoms with Crippen LogP contribution in [0.3, 0.4) is 0 Å². The molecule has 0 aromatic heterocycles. The van der Waals surface area contributed by atoms with Crippen molar-refractivity contribution >= 4 is 5.97 Å². The van der Waals surface area contributed by atoms with E-state index in [1.807, 2.05) is 0 Å². The van der Waals surface area contributed by atoms with Gasteiger partial charge in [0.15, 0.2) is 0 Å². The van der Waals surface area contributed by atoms with Gasteiger partial charge in [-0.3, -0.25) is 4.79 Å². The summed E-state index contributed by atoms with van der Waals surface area (Å²) in [5.41, 5.74) is 3.73. The van der Waals surface area contributed by atoms with Crippen LogP contribution in [0.2, 0.25) is 0 Å². The van der Waals surface area contributed by atoms with Crippen LogP contribution in [0.25, 0.3) is 11.1 Å². The van der Waals surface area contributed by atoms with Crippen molar-refractivity contribution in [2.24, 2.45) is 5.92 Å². The summed E-state index contributed by atoms with van der Waals surface area (Å²) in [4.78, 5) is 12.5. The Hall–Kier alpha value is -2.36. The number of unbranched alkanes of at least 4 members (excludes halogenated alkanes) is 8. The Balaban J connectivity index is 1.36. The molecule has 0 unspecified atom stereocenters. The molecule has 3 nitrogen and oxygen atoms in total. The molecule has 0 aliphatic heterocycles. The SMILES string of the molecule is CCCCCCCCOc1ccc(-c2ccc(C3CCC(C(=O)OC[C@@H](F)CCCCCC)CC3)cc2)cc1. The molecule has 0 heterocycles. The Morgan fingerprint density at radius 3 is 1.97 bits per heavy atom. The van der Waals surface area contributed by atoms with Gasteiger partial charge in [0.2, 0.25) is 0 Å². The molecule has 0 N–H and O–H groups in total.